The smallest absolute Gasteiger partial charge is 0.273 e. The Morgan fingerprint density at radius 3 is 2.31 bits per heavy atom. The van der Waals surface area contributed by atoms with Crippen molar-refractivity contribution in [2.45, 2.75) is 58.3 Å². The number of ketones is 2. The molecule has 4 aliphatic carbocycles. The first-order chi connectivity index (χ1) is 16.7. The molecule has 0 unspecified atom stereocenters. The number of nitrogens with zero attached hydrogens (tertiary/aromatic N) is 2. The highest BCUT2D eigenvalue weighted by Crippen LogP contribution is 2.60. The van der Waals surface area contributed by atoms with Crippen LogP contribution in [0.4, 0.5) is 5.69 Å². The van der Waals surface area contributed by atoms with E-state index in [2.05, 4.69) is 11.4 Å². The van der Waals surface area contributed by atoms with Gasteiger partial charge in [0, 0.05) is 28.3 Å². The molecular formula is C27H29N3O4S. The molecule has 0 saturated heterocycles. The average molecular weight is 492 g/mol. The van der Waals surface area contributed by atoms with Gasteiger partial charge in [-0.3, -0.25) is 19.7 Å². The highest BCUT2D eigenvalue weighted by atomic mass is 32.2. The van der Waals surface area contributed by atoms with Crippen LogP contribution >= 0.6 is 11.8 Å². The monoisotopic (exact) mass is 491 g/mol. The Hall–Kier alpha value is -2.92. The van der Waals surface area contributed by atoms with Crippen molar-refractivity contribution in [3.05, 3.63) is 61.8 Å². The number of dihydropyridines is 1. The quantitative estimate of drug-likeness (QED) is 0.401. The number of thioether (sulfide) groups is 1. The van der Waals surface area contributed by atoms with Crippen molar-refractivity contribution < 1.29 is 14.5 Å². The number of allylic oxidation sites excluding steroid dienone is 3. The van der Waals surface area contributed by atoms with E-state index in [9.17, 15) is 25.0 Å². The minimum atomic E-state index is -0.850. The molecule has 1 heterocycles. The van der Waals surface area contributed by atoms with Crippen molar-refractivity contribution in [2.75, 3.05) is 5.75 Å². The van der Waals surface area contributed by atoms with Gasteiger partial charge >= 0.3 is 0 Å². The van der Waals surface area contributed by atoms with Crippen molar-refractivity contribution in [1.29, 1.82) is 5.26 Å². The molecule has 1 aliphatic heterocycles. The lowest BCUT2D eigenvalue weighted by Crippen LogP contribution is -2.50. The number of hydrogen-bond acceptors (Lipinski definition) is 7. The summed E-state index contributed by atoms with van der Waals surface area (Å²) in [6.45, 7) is 3.15. The van der Waals surface area contributed by atoms with Crippen molar-refractivity contribution >= 4 is 29.0 Å². The zero-order valence-electron chi connectivity index (χ0n) is 20.0. The normalized spacial score (nSPS) is 31.2. The lowest BCUT2D eigenvalue weighted by molar-refractivity contribution is -0.385. The number of carbonyl (C=O) groups is 2. The Kier molecular flexibility index (Phi) is 6.08. The average Bonchev–Trinajstić information content (AvgIpc) is 2.80. The van der Waals surface area contributed by atoms with Crippen LogP contribution < -0.4 is 5.32 Å². The third-order valence-corrected chi connectivity index (χ3v) is 9.47. The minimum absolute atomic E-state index is 0.132. The number of nitro benzene ring substituents is 1. The zero-order chi connectivity index (χ0) is 24.9. The van der Waals surface area contributed by atoms with E-state index in [1.165, 1.54) is 44.0 Å². The van der Waals surface area contributed by atoms with Gasteiger partial charge in [0.25, 0.3) is 5.69 Å². The van der Waals surface area contributed by atoms with Gasteiger partial charge in [0.05, 0.1) is 33.3 Å². The second kappa shape index (κ2) is 8.94. The van der Waals surface area contributed by atoms with Crippen molar-refractivity contribution in [3.8, 4) is 6.07 Å². The molecule has 5 aliphatic rings. The molecule has 1 atom stereocenters. The molecule has 4 fully saturated rings. The lowest BCUT2D eigenvalue weighted by Gasteiger charge is -2.56. The molecule has 0 radical (unpaired) electrons. The number of nitriles is 1. The third-order valence-electron chi connectivity index (χ3n) is 8.45. The fourth-order valence-corrected chi connectivity index (χ4v) is 8.57. The summed E-state index contributed by atoms with van der Waals surface area (Å²) in [7, 11) is 0. The van der Waals surface area contributed by atoms with Crippen LogP contribution in [-0.2, 0) is 9.59 Å². The van der Waals surface area contributed by atoms with Crippen molar-refractivity contribution in [3.63, 3.8) is 0 Å². The van der Waals surface area contributed by atoms with E-state index < -0.39 is 10.8 Å². The van der Waals surface area contributed by atoms with Gasteiger partial charge in [-0.15, -0.1) is 0 Å². The van der Waals surface area contributed by atoms with E-state index in [0.717, 1.165) is 19.3 Å². The summed E-state index contributed by atoms with van der Waals surface area (Å²) in [5.74, 6) is 1.42. The molecule has 182 valence electrons. The summed E-state index contributed by atoms with van der Waals surface area (Å²) in [4.78, 5) is 37.5. The second-order valence-electron chi connectivity index (χ2n) is 10.7. The summed E-state index contributed by atoms with van der Waals surface area (Å²) in [6, 6.07) is 8.45. The first-order valence-corrected chi connectivity index (χ1v) is 13.2. The van der Waals surface area contributed by atoms with E-state index in [-0.39, 0.29) is 34.0 Å². The number of para-hydroxylation sites is 1. The molecule has 7 nitrogen and oxygen atoms in total. The van der Waals surface area contributed by atoms with E-state index in [1.807, 2.05) is 0 Å². The van der Waals surface area contributed by atoms with Gasteiger partial charge in [-0.1, -0.05) is 30.0 Å². The predicted molar refractivity (Wildman–Crippen MR) is 133 cm³/mol. The lowest BCUT2D eigenvalue weighted by atomic mass is 9.48. The summed E-state index contributed by atoms with van der Waals surface area (Å²) < 4.78 is 0. The fourth-order valence-electron chi connectivity index (χ4n) is 7.45. The second-order valence-corrected chi connectivity index (χ2v) is 11.7. The van der Waals surface area contributed by atoms with Crippen LogP contribution in [0.5, 0.6) is 0 Å². The standard InChI is InChI=1S/C27H29N3O4S/c1-15-24(16(2)31)25(20-5-3-4-6-22(20)30(33)34)21(13-28)26(29-15)35-14-23(32)27-10-17-7-18(11-27)9-19(8-17)12-27/h3-6,17-19,25,29H,7-12,14H2,1-2H3/t17?,18?,19?,25-,27?/m1/s1. The van der Waals surface area contributed by atoms with E-state index in [4.69, 9.17) is 0 Å². The fraction of sp³-hybridized carbons (Fsp3) is 0.519. The van der Waals surface area contributed by atoms with Crippen molar-refractivity contribution in [1.82, 2.24) is 5.32 Å². The van der Waals surface area contributed by atoms with Crippen molar-refractivity contribution in [2.24, 2.45) is 23.2 Å². The van der Waals surface area contributed by atoms with Gasteiger partial charge in [-0.05, 0) is 70.1 Å². The van der Waals surface area contributed by atoms with Crippen LogP contribution in [0.25, 0.3) is 0 Å². The minimum Gasteiger partial charge on any atom is -0.353 e. The summed E-state index contributed by atoms with van der Waals surface area (Å²) in [6.07, 6.45) is 6.76. The van der Waals surface area contributed by atoms with Gasteiger partial charge in [0.15, 0.2) is 5.78 Å². The van der Waals surface area contributed by atoms with Crippen LogP contribution in [0.2, 0.25) is 0 Å². The molecular weight excluding hydrogens is 462 g/mol. The highest BCUT2D eigenvalue weighted by molar-refractivity contribution is 8.03. The molecule has 1 N–H and O–H groups in total. The Bertz CT molecular complexity index is 1190. The highest BCUT2D eigenvalue weighted by Gasteiger charge is 2.54. The molecule has 8 heteroatoms. The topological polar surface area (TPSA) is 113 Å². The maximum Gasteiger partial charge on any atom is 0.273 e. The van der Waals surface area contributed by atoms with E-state index in [0.29, 0.717) is 39.6 Å². The van der Waals surface area contributed by atoms with Crippen LogP contribution in [-0.4, -0.2) is 22.2 Å². The van der Waals surface area contributed by atoms with Gasteiger partial charge < -0.3 is 5.32 Å². The van der Waals surface area contributed by atoms with Crippen LogP contribution in [0.1, 0.15) is 63.9 Å². The largest absolute Gasteiger partial charge is 0.353 e. The van der Waals surface area contributed by atoms with Gasteiger partial charge in [0.1, 0.15) is 5.78 Å². The Balaban J connectivity index is 1.46. The number of hydrogen-bond donors (Lipinski definition) is 1. The molecule has 0 aromatic heterocycles. The SMILES string of the molecule is CC(=O)C1=C(C)NC(SCC(=O)C23CC4CC(CC(C4)C2)C3)=C(C#N)[C@H]1c1ccccc1[N+](=O)[O-]. The first kappa shape index (κ1) is 23.8. The Morgan fingerprint density at radius 2 is 1.77 bits per heavy atom. The zero-order valence-corrected chi connectivity index (χ0v) is 20.8. The Morgan fingerprint density at radius 1 is 1.17 bits per heavy atom. The predicted octanol–water partition coefficient (Wildman–Crippen LogP) is 5.40. The number of nitrogens with one attached hydrogen (secondary N) is 1. The van der Waals surface area contributed by atoms with Crippen LogP contribution in [0.15, 0.2) is 46.1 Å². The summed E-state index contributed by atoms with van der Waals surface area (Å²) >= 11 is 1.30. The first-order valence-electron chi connectivity index (χ1n) is 12.2. The number of rotatable bonds is 7. The van der Waals surface area contributed by atoms with Crippen LogP contribution in [0, 0.1) is 44.6 Å². The molecule has 1 aromatic carbocycles. The number of benzene rings is 1. The number of carbonyl (C=O) groups excluding carboxylic acids is 2. The van der Waals surface area contributed by atoms with E-state index >= 15 is 0 Å². The maximum absolute atomic E-state index is 13.6. The molecule has 0 spiro atoms. The molecule has 4 bridgehead atoms. The van der Waals surface area contributed by atoms with Crippen LogP contribution in [0.3, 0.4) is 0 Å². The molecule has 0 amide bonds. The summed E-state index contributed by atoms with van der Waals surface area (Å²) in [5, 5.41) is 25.6. The summed E-state index contributed by atoms with van der Waals surface area (Å²) in [5.41, 5.74) is 1.10. The molecule has 1 aromatic rings. The molecule has 35 heavy (non-hydrogen) atoms. The maximum atomic E-state index is 13.6. The number of nitro groups is 1. The van der Waals surface area contributed by atoms with Gasteiger partial charge in [-0.2, -0.15) is 5.26 Å². The number of Topliss-reactive ketones (excluding diaryl/α,β-unsaturated/α-hetero) is 2. The molecule has 6 rings (SSSR count). The van der Waals surface area contributed by atoms with Gasteiger partial charge in [0.2, 0.25) is 0 Å². The third kappa shape index (κ3) is 4.10. The van der Waals surface area contributed by atoms with E-state index in [1.54, 1.807) is 25.1 Å². The Labute approximate surface area is 209 Å². The van der Waals surface area contributed by atoms with Gasteiger partial charge in [-0.25, -0.2) is 0 Å². The molecule has 4 saturated carbocycles.